The van der Waals surface area contributed by atoms with E-state index in [0.717, 1.165) is 19.5 Å². The molecular weight excluding hydrogens is 368 g/mol. The third-order valence-electron chi connectivity index (χ3n) is 5.02. The molecule has 1 aromatic carbocycles. The summed E-state index contributed by atoms with van der Waals surface area (Å²) in [5.74, 6) is 0.695. The van der Waals surface area contributed by atoms with Crippen molar-refractivity contribution in [2.75, 3.05) is 19.6 Å². The highest BCUT2D eigenvalue weighted by molar-refractivity contribution is 7.89. The summed E-state index contributed by atoms with van der Waals surface area (Å²) in [5.41, 5.74) is 1.41. The van der Waals surface area contributed by atoms with Crippen LogP contribution in [0, 0.1) is 0 Å². The maximum Gasteiger partial charge on any atom is 0.243 e. The molecule has 0 spiro atoms. The average Bonchev–Trinajstić information content (AvgIpc) is 3.01. The number of ether oxygens (including phenoxy) is 1. The topological polar surface area (TPSA) is 49.9 Å². The molecule has 2 aromatic rings. The Morgan fingerprint density at radius 3 is 2.58 bits per heavy atom. The van der Waals surface area contributed by atoms with Crippen LogP contribution in [0.15, 0.2) is 40.6 Å². The van der Waals surface area contributed by atoms with Gasteiger partial charge in [-0.3, -0.25) is 4.90 Å². The number of hydrogen-bond donors (Lipinski definition) is 0. The van der Waals surface area contributed by atoms with Gasteiger partial charge in [0.05, 0.1) is 11.0 Å². The molecule has 1 saturated heterocycles. The SMILES string of the molecule is CC(C)Oc1ccc(S(=O)(=O)N2CC(N3CCc4sccc4C3)C2)cc1. The minimum absolute atomic E-state index is 0.0712. The summed E-state index contributed by atoms with van der Waals surface area (Å²) in [7, 11) is -3.42. The van der Waals surface area contributed by atoms with Gasteiger partial charge in [-0.2, -0.15) is 4.31 Å². The number of benzene rings is 1. The normalized spacial score (nSPS) is 19.3. The number of thiophene rings is 1. The minimum atomic E-state index is -3.42. The van der Waals surface area contributed by atoms with Crippen molar-refractivity contribution in [3.05, 3.63) is 46.2 Å². The van der Waals surface area contributed by atoms with Crippen molar-refractivity contribution in [1.82, 2.24) is 9.21 Å². The van der Waals surface area contributed by atoms with E-state index in [1.165, 1.54) is 10.4 Å². The molecule has 0 atom stereocenters. The fraction of sp³-hybridized carbons (Fsp3) is 0.474. The Bertz CT molecular complexity index is 868. The third kappa shape index (κ3) is 3.41. The lowest BCUT2D eigenvalue weighted by Crippen LogP contribution is -2.61. The van der Waals surface area contributed by atoms with Gasteiger partial charge in [0.2, 0.25) is 10.0 Å². The van der Waals surface area contributed by atoms with Crippen LogP contribution in [-0.4, -0.2) is 49.4 Å². The van der Waals surface area contributed by atoms with E-state index in [-0.39, 0.29) is 6.10 Å². The van der Waals surface area contributed by atoms with E-state index < -0.39 is 10.0 Å². The second-order valence-corrected chi connectivity index (χ2v) is 10.1. The Hall–Kier alpha value is -1.41. The molecule has 5 nitrogen and oxygen atoms in total. The monoisotopic (exact) mass is 392 g/mol. The van der Waals surface area contributed by atoms with Crippen LogP contribution in [0.1, 0.15) is 24.3 Å². The number of fused-ring (bicyclic) bond motifs is 1. The van der Waals surface area contributed by atoms with E-state index in [1.54, 1.807) is 28.6 Å². The summed E-state index contributed by atoms with van der Waals surface area (Å²) in [6.07, 6.45) is 1.15. The van der Waals surface area contributed by atoms with E-state index in [2.05, 4.69) is 16.3 Å². The van der Waals surface area contributed by atoms with Gasteiger partial charge in [-0.1, -0.05) is 0 Å². The lowest BCUT2D eigenvalue weighted by molar-refractivity contribution is 0.0775. The summed E-state index contributed by atoms with van der Waals surface area (Å²) in [5, 5.41) is 2.15. The first-order valence-electron chi connectivity index (χ1n) is 8.99. The van der Waals surface area contributed by atoms with Crippen molar-refractivity contribution < 1.29 is 13.2 Å². The molecular formula is C19H24N2O3S2. The van der Waals surface area contributed by atoms with Crippen molar-refractivity contribution in [2.45, 2.75) is 43.9 Å². The first-order chi connectivity index (χ1) is 12.4. The van der Waals surface area contributed by atoms with Gasteiger partial charge < -0.3 is 4.74 Å². The van der Waals surface area contributed by atoms with Crippen LogP contribution >= 0.6 is 11.3 Å². The second kappa shape index (κ2) is 6.96. The van der Waals surface area contributed by atoms with Crippen LogP contribution < -0.4 is 4.74 Å². The van der Waals surface area contributed by atoms with Crippen molar-refractivity contribution in [2.24, 2.45) is 0 Å². The van der Waals surface area contributed by atoms with Crippen LogP contribution in [0.4, 0.5) is 0 Å². The molecule has 0 bridgehead atoms. The smallest absolute Gasteiger partial charge is 0.243 e. The molecule has 4 rings (SSSR count). The Kier molecular flexibility index (Phi) is 4.81. The van der Waals surface area contributed by atoms with Gasteiger partial charge in [0.1, 0.15) is 5.75 Å². The zero-order valence-corrected chi connectivity index (χ0v) is 16.7. The largest absolute Gasteiger partial charge is 0.491 e. The maximum absolute atomic E-state index is 12.8. The van der Waals surface area contributed by atoms with Crippen LogP contribution in [0.25, 0.3) is 0 Å². The first kappa shape index (κ1) is 18.0. The molecule has 2 aliphatic heterocycles. The van der Waals surface area contributed by atoms with Crippen LogP contribution in [0.5, 0.6) is 5.75 Å². The molecule has 140 valence electrons. The highest BCUT2D eigenvalue weighted by Crippen LogP contribution is 2.30. The number of nitrogens with zero attached hydrogens (tertiary/aromatic N) is 2. The zero-order chi connectivity index (χ0) is 18.3. The minimum Gasteiger partial charge on any atom is -0.491 e. The molecule has 0 amide bonds. The van der Waals surface area contributed by atoms with Crippen molar-refractivity contribution in [3.63, 3.8) is 0 Å². The molecule has 0 saturated carbocycles. The average molecular weight is 393 g/mol. The maximum atomic E-state index is 12.8. The summed E-state index contributed by atoms with van der Waals surface area (Å²) < 4.78 is 32.8. The van der Waals surface area contributed by atoms with Crippen LogP contribution in [0.3, 0.4) is 0 Å². The van der Waals surface area contributed by atoms with E-state index in [9.17, 15) is 8.42 Å². The van der Waals surface area contributed by atoms with Crippen molar-refractivity contribution >= 4 is 21.4 Å². The van der Waals surface area contributed by atoms with Gasteiger partial charge in [0, 0.05) is 37.1 Å². The van der Waals surface area contributed by atoms with Crippen molar-refractivity contribution in [1.29, 1.82) is 0 Å². The Labute approximate surface area is 159 Å². The molecule has 0 radical (unpaired) electrons. The lowest BCUT2D eigenvalue weighted by atomic mass is 10.0. The highest BCUT2D eigenvalue weighted by Gasteiger charge is 2.40. The number of sulfonamides is 1. The first-order valence-corrected chi connectivity index (χ1v) is 11.3. The highest BCUT2D eigenvalue weighted by atomic mass is 32.2. The molecule has 1 fully saturated rings. The van der Waals surface area contributed by atoms with Gasteiger partial charge in [-0.05, 0) is 61.5 Å². The molecule has 3 heterocycles. The molecule has 1 aromatic heterocycles. The molecule has 26 heavy (non-hydrogen) atoms. The molecule has 2 aliphatic rings. The molecule has 7 heteroatoms. The van der Waals surface area contributed by atoms with Crippen molar-refractivity contribution in [3.8, 4) is 5.75 Å². The van der Waals surface area contributed by atoms with E-state index in [1.807, 2.05) is 25.2 Å². The fourth-order valence-electron chi connectivity index (χ4n) is 3.54. The Morgan fingerprint density at radius 1 is 1.15 bits per heavy atom. The predicted octanol–water partition coefficient (Wildman–Crippen LogP) is 2.97. The zero-order valence-electron chi connectivity index (χ0n) is 15.1. The van der Waals surface area contributed by atoms with Gasteiger partial charge in [0.15, 0.2) is 0 Å². The molecule has 0 N–H and O–H groups in total. The Morgan fingerprint density at radius 2 is 1.88 bits per heavy atom. The van der Waals surface area contributed by atoms with E-state index >= 15 is 0 Å². The fourth-order valence-corrected chi connectivity index (χ4v) is 5.94. The Balaban J connectivity index is 1.38. The quantitative estimate of drug-likeness (QED) is 0.785. The molecule has 0 aliphatic carbocycles. The third-order valence-corrected chi connectivity index (χ3v) is 7.88. The van der Waals surface area contributed by atoms with Gasteiger partial charge in [-0.15, -0.1) is 11.3 Å². The number of hydrogen-bond acceptors (Lipinski definition) is 5. The van der Waals surface area contributed by atoms with Gasteiger partial charge in [0.25, 0.3) is 0 Å². The summed E-state index contributed by atoms with van der Waals surface area (Å²) in [6.45, 7) is 7.01. The van der Waals surface area contributed by atoms with Crippen LogP contribution in [-0.2, 0) is 23.0 Å². The summed E-state index contributed by atoms with van der Waals surface area (Å²) in [4.78, 5) is 4.24. The van der Waals surface area contributed by atoms with Gasteiger partial charge in [-0.25, -0.2) is 8.42 Å². The number of rotatable bonds is 5. The van der Waals surface area contributed by atoms with E-state index in [4.69, 9.17) is 4.74 Å². The van der Waals surface area contributed by atoms with Crippen LogP contribution in [0.2, 0.25) is 0 Å². The lowest BCUT2D eigenvalue weighted by Gasteiger charge is -2.45. The summed E-state index contributed by atoms with van der Waals surface area (Å²) >= 11 is 1.83. The van der Waals surface area contributed by atoms with Gasteiger partial charge >= 0.3 is 0 Å². The standard InChI is InChI=1S/C19H24N2O3S2/c1-14(2)24-17-3-5-18(6-4-17)26(22,23)21-12-16(13-21)20-9-7-19-15(11-20)8-10-25-19/h3-6,8,10,14,16H,7,9,11-13H2,1-2H3. The van der Waals surface area contributed by atoms with E-state index in [0.29, 0.717) is 29.8 Å². The predicted molar refractivity (Wildman–Crippen MR) is 103 cm³/mol. The molecule has 0 unspecified atom stereocenters. The second-order valence-electron chi connectivity index (χ2n) is 7.20. The summed E-state index contributed by atoms with van der Waals surface area (Å²) in [6, 6.07) is 9.25.